The third-order valence-electron chi connectivity index (χ3n) is 6.36. The zero-order valence-electron chi connectivity index (χ0n) is 20.0. The molecule has 0 radical (unpaired) electrons. The van der Waals surface area contributed by atoms with E-state index in [1.165, 1.54) is 5.69 Å². The minimum atomic E-state index is 0.558. The van der Waals surface area contributed by atoms with Gasteiger partial charge in [0.25, 0.3) is 0 Å². The monoisotopic (exact) mass is 468 g/mol. The summed E-state index contributed by atoms with van der Waals surface area (Å²) in [6.07, 6.45) is 0. The number of para-hydroxylation sites is 1. The van der Waals surface area contributed by atoms with Crippen LogP contribution < -0.4 is 15.0 Å². The molecule has 6 nitrogen and oxygen atoms in total. The maximum absolute atomic E-state index is 5.87. The van der Waals surface area contributed by atoms with E-state index < -0.39 is 0 Å². The van der Waals surface area contributed by atoms with Gasteiger partial charge < -0.3 is 19.5 Å². The Kier molecular flexibility index (Phi) is 7.73. The van der Waals surface area contributed by atoms with Gasteiger partial charge in [-0.15, -0.1) is 0 Å². The predicted octanol–water partition coefficient (Wildman–Crippen LogP) is 4.83. The Labute approximate surface area is 207 Å². The first-order valence-electron chi connectivity index (χ1n) is 12.3. The summed E-state index contributed by atoms with van der Waals surface area (Å²) in [5.41, 5.74) is 4.33. The van der Waals surface area contributed by atoms with E-state index in [9.17, 15) is 0 Å². The number of nitrogens with zero attached hydrogens (tertiary/aromatic N) is 3. The van der Waals surface area contributed by atoms with Crippen molar-refractivity contribution < 1.29 is 9.26 Å². The topological polar surface area (TPSA) is 53.8 Å². The molecule has 4 aromatic rings. The van der Waals surface area contributed by atoms with Gasteiger partial charge in [0.05, 0.1) is 6.54 Å². The van der Waals surface area contributed by atoms with Crippen LogP contribution in [0.25, 0.3) is 11.3 Å². The second-order valence-electron chi connectivity index (χ2n) is 8.82. The second-order valence-corrected chi connectivity index (χ2v) is 8.82. The maximum Gasteiger partial charge on any atom is 0.151 e. The number of rotatable bonds is 10. The molecule has 5 rings (SSSR count). The van der Waals surface area contributed by atoms with E-state index >= 15 is 0 Å². The average molecular weight is 469 g/mol. The molecule has 0 bridgehead atoms. The highest BCUT2D eigenvalue weighted by atomic mass is 16.5. The molecule has 0 amide bonds. The van der Waals surface area contributed by atoms with Crippen LogP contribution in [0, 0.1) is 0 Å². The molecule has 0 atom stereocenters. The van der Waals surface area contributed by atoms with Crippen LogP contribution in [0.15, 0.2) is 95.5 Å². The molecule has 1 N–H and O–H groups in total. The van der Waals surface area contributed by atoms with Gasteiger partial charge in [-0.2, -0.15) is 0 Å². The first kappa shape index (κ1) is 23.1. The summed E-state index contributed by atoms with van der Waals surface area (Å²) in [6, 6.07) is 30.8. The fourth-order valence-electron chi connectivity index (χ4n) is 4.31. The molecular formula is C29H32N4O2. The highest BCUT2D eigenvalue weighted by Gasteiger charge is 2.16. The molecule has 1 fully saturated rings. The smallest absolute Gasteiger partial charge is 0.151 e. The number of hydrogen-bond acceptors (Lipinski definition) is 6. The number of piperazine rings is 1. The number of anilines is 1. The molecule has 35 heavy (non-hydrogen) atoms. The van der Waals surface area contributed by atoms with Crippen LogP contribution in [0.4, 0.5) is 5.69 Å². The van der Waals surface area contributed by atoms with E-state index in [4.69, 9.17) is 9.26 Å². The zero-order chi connectivity index (χ0) is 23.7. The van der Waals surface area contributed by atoms with Gasteiger partial charge in [0.2, 0.25) is 0 Å². The highest BCUT2D eigenvalue weighted by Crippen LogP contribution is 2.23. The Bertz CT molecular complexity index is 1150. The van der Waals surface area contributed by atoms with E-state index in [0.29, 0.717) is 13.2 Å². The van der Waals surface area contributed by atoms with Crippen LogP contribution in [0.5, 0.6) is 5.75 Å². The summed E-state index contributed by atoms with van der Waals surface area (Å²) in [5, 5.41) is 7.73. The molecule has 2 heterocycles. The standard InChI is InChI=1S/C29H32N4O2/c1-3-7-24(8-4-1)23-34-27-13-11-25(12-14-27)29-21-28(35-31-29)22-30-15-16-32-17-19-33(20-18-32)26-9-5-2-6-10-26/h1-14,21,30H,15-20,22-23H2. The van der Waals surface area contributed by atoms with E-state index in [2.05, 4.69) is 62.7 Å². The quantitative estimate of drug-likeness (QED) is 0.337. The molecule has 1 aliphatic heterocycles. The van der Waals surface area contributed by atoms with E-state index in [0.717, 1.165) is 67.6 Å². The van der Waals surface area contributed by atoms with Gasteiger partial charge in [-0.1, -0.05) is 53.7 Å². The Morgan fingerprint density at radius 2 is 1.54 bits per heavy atom. The van der Waals surface area contributed by atoms with Crippen molar-refractivity contribution in [2.24, 2.45) is 0 Å². The van der Waals surface area contributed by atoms with Gasteiger partial charge in [-0.3, -0.25) is 4.90 Å². The summed E-state index contributed by atoms with van der Waals surface area (Å²) in [6.45, 7) is 7.53. The Morgan fingerprint density at radius 3 is 2.29 bits per heavy atom. The third kappa shape index (κ3) is 6.50. The minimum Gasteiger partial charge on any atom is -0.489 e. The highest BCUT2D eigenvalue weighted by molar-refractivity contribution is 5.59. The van der Waals surface area contributed by atoms with Crippen molar-refractivity contribution in [1.82, 2.24) is 15.4 Å². The van der Waals surface area contributed by atoms with Crippen LogP contribution >= 0.6 is 0 Å². The Balaban J connectivity index is 1.02. The lowest BCUT2D eigenvalue weighted by molar-refractivity contribution is 0.255. The SMILES string of the molecule is c1ccc(COc2ccc(-c3cc(CNCCN4CCN(c5ccccc5)CC4)on3)cc2)cc1. The Hall–Kier alpha value is -3.61. The molecule has 1 aromatic heterocycles. The summed E-state index contributed by atoms with van der Waals surface area (Å²) in [4.78, 5) is 4.97. The first-order valence-corrected chi connectivity index (χ1v) is 12.3. The third-order valence-corrected chi connectivity index (χ3v) is 6.36. The van der Waals surface area contributed by atoms with Crippen molar-refractivity contribution in [2.45, 2.75) is 13.2 Å². The number of hydrogen-bond donors (Lipinski definition) is 1. The van der Waals surface area contributed by atoms with Crippen molar-refractivity contribution in [3.05, 3.63) is 102 Å². The summed E-state index contributed by atoms with van der Waals surface area (Å²) in [7, 11) is 0. The summed E-state index contributed by atoms with van der Waals surface area (Å²) < 4.78 is 11.4. The molecule has 0 unspecified atom stereocenters. The zero-order valence-corrected chi connectivity index (χ0v) is 20.0. The summed E-state index contributed by atoms with van der Waals surface area (Å²) >= 11 is 0. The van der Waals surface area contributed by atoms with E-state index in [1.54, 1.807) is 0 Å². The largest absolute Gasteiger partial charge is 0.489 e. The van der Waals surface area contributed by atoms with Crippen molar-refractivity contribution in [3.63, 3.8) is 0 Å². The molecule has 0 aliphatic carbocycles. The van der Waals surface area contributed by atoms with Crippen LogP contribution in [0.3, 0.4) is 0 Å². The molecule has 180 valence electrons. The normalized spacial score (nSPS) is 14.2. The van der Waals surface area contributed by atoms with E-state index in [-0.39, 0.29) is 0 Å². The van der Waals surface area contributed by atoms with Gasteiger partial charge in [0, 0.05) is 56.6 Å². The fraction of sp³-hybridized carbons (Fsp3) is 0.276. The van der Waals surface area contributed by atoms with Crippen LogP contribution in [0.2, 0.25) is 0 Å². The van der Waals surface area contributed by atoms with Gasteiger partial charge in [-0.05, 0) is 42.0 Å². The molecule has 1 aliphatic rings. The van der Waals surface area contributed by atoms with Crippen molar-refractivity contribution in [3.8, 4) is 17.0 Å². The molecular weight excluding hydrogens is 436 g/mol. The lowest BCUT2D eigenvalue weighted by Crippen LogP contribution is -2.48. The molecule has 1 saturated heterocycles. The fourth-order valence-corrected chi connectivity index (χ4v) is 4.31. The number of benzene rings is 3. The first-order chi connectivity index (χ1) is 17.3. The molecule has 3 aromatic carbocycles. The molecule has 0 spiro atoms. The van der Waals surface area contributed by atoms with Gasteiger partial charge in [0.1, 0.15) is 18.1 Å². The Morgan fingerprint density at radius 1 is 0.829 bits per heavy atom. The van der Waals surface area contributed by atoms with Crippen molar-refractivity contribution >= 4 is 5.69 Å². The van der Waals surface area contributed by atoms with Gasteiger partial charge in [0.15, 0.2) is 5.76 Å². The van der Waals surface area contributed by atoms with E-state index in [1.807, 2.05) is 48.5 Å². The number of aromatic nitrogens is 1. The number of ether oxygens (including phenoxy) is 1. The summed E-state index contributed by atoms with van der Waals surface area (Å²) in [5.74, 6) is 1.69. The molecule has 0 saturated carbocycles. The average Bonchev–Trinajstić information content (AvgIpc) is 3.41. The number of nitrogens with one attached hydrogen (secondary N) is 1. The predicted molar refractivity (Wildman–Crippen MR) is 140 cm³/mol. The van der Waals surface area contributed by atoms with Gasteiger partial charge >= 0.3 is 0 Å². The minimum absolute atomic E-state index is 0.558. The lowest BCUT2D eigenvalue weighted by atomic mass is 10.1. The van der Waals surface area contributed by atoms with Crippen molar-refractivity contribution in [2.75, 3.05) is 44.2 Å². The van der Waals surface area contributed by atoms with Crippen molar-refractivity contribution in [1.29, 1.82) is 0 Å². The van der Waals surface area contributed by atoms with Gasteiger partial charge in [-0.25, -0.2) is 0 Å². The molecule has 6 heteroatoms. The van der Waals surface area contributed by atoms with Crippen LogP contribution in [0.1, 0.15) is 11.3 Å². The van der Waals surface area contributed by atoms with Crippen LogP contribution in [-0.4, -0.2) is 49.3 Å². The van der Waals surface area contributed by atoms with Crippen LogP contribution in [-0.2, 0) is 13.2 Å². The second kappa shape index (κ2) is 11.7. The maximum atomic E-state index is 5.87. The lowest BCUT2D eigenvalue weighted by Gasteiger charge is -2.36.